The van der Waals surface area contributed by atoms with Crippen LogP contribution in [0, 0.1) is 6.92 Å². The molecule has 0 aliphatic rings. The van der Waals surface area contributed by atoms with Gasteiger partial charge in [0.1, 0.15) is 12.3 Å². The van der Waals surface area contributed by atoms with Gasteiger partial charge in [-0.1, -0.05) is 18.2 Å². The van der Waals surface area contributed by atoms with Gasteiger partial charge in [-0.2, -0.15) is 0 Å². The maximum absolute atomic E-state index is 11.2. The van der Waals surface area contributed by atoms with Crippen LogP contribution in [-0.4, -0.2) is 20.7 Å². The average Bonchev–Trinajstić information content (AvgIpc) is 2.73. The van der Waals surface area contributed by atoms with Gasteiger partial charge in [-0.05, 0) is 48.4 Å². The molecule has 0 saturated heterocycles. The molecule has 0 bridgehead atoms. The summed E-state index contributed by atoms with van der Waals surface area (Å²) in [7, 11) is 0. The summed E-state index contributed by atoms with van der Waals surface area (Å²) in [5, 5.41) is 19.7. The number of benzene rings is 2. The van der Waals surface area contributed by atoms with Crippen LogP contribution in [-0.2, 0) is 11.3 Å². The van der Waals surface area contributed by atoms with Crippen LogP contribution in [0.5, 0.6) is 5.75 Å². The first-order chi connectivity index (χ1) is 10.1. The fraction of sp³-hybridized carbons (Fsp3) is 0.118. The van der Waals surface area contributed by atoms with Crippen molar-refractivity contribution in [1.29, 1.82) is 0 Å². The molecule has 1 heterocycles. The van der Waals surface area contributed by atoms with Gasteiger partial charge < -0.3 is 14.8 Å². The summed E-state index contributed by atoms with van der Waals surface area (Å²) in [5.41, 5.74) is 3.71. The molecule has 0 aliphatic heterocycles. The number of hydrogen-bond acceptors (Lipinski definition) is 2. The fourth-order valence-corrected chi connectivity index (χ4v) is 2.77. The molecule has 0 radical (unpaired) electrons. The molecular formula is C17H15NO3. The van der Waals surface area contributed by atoms with Crippen molar-refractivity contribution in [1.82, 2.24) is 4.57 Å². The summed E-state index contributed by atoms with van der Waals surface area (Å²) in [5.74, 6) is -0.687. The number of phenols is 1. The third kappa shape index (κ3) is 2.25. The predicted molar refractivity (Wildman–Crippen MR) is 81.4 cm³/mol. The second-order valence-corrected chi connectivity index (χ2v) is 5.02. The summed E-state index contributed by atoms with van der Waals surface area (Å²) in [6.45, 7) is 1.90. The van der Waals surface area contributed by atoms with Gasteiger partial charge in [-0.3, -0.25) is 4.79 Å². The smallest absolute Gasteiger partial charge is 0.323 e. The van der Waals surface area contributed by atoms with Gasteiger partial charge in [-0.15, -0.1) is 0 Å². The molecule has 106 valence electrons. The van der Waals surface area contributed by atoms with Gasteiger partial charge >= 0.3 is 5.97 Å². The molecule has 21 heavy (non-hydrogen) atoms. The Kier molecular flexibility index (Phi) is 3.14. The second-order valence-electron chi connectivity index (χ2n) is 5.02. The Morgan fingerprint density at radius 3 is 2.43 bits per heavy atom. The highest BCUT2D eigenvalue weighted by atomic mass is 16.4. The van der Waals surface area contributed by atoms with Crippen LogP contribution in [0.15, 0.2) is 48.5 Å². The number of aliphatic carboxylic acids is 1. The number of carboxylic acids is 1. The first-order valence-corrected chi connectivity index (χ1v) is 6.67. The summed E-state index contributed by atoms with van der Waals surface area (Å²) >= 11 is 0. The minimum absolute atomic E-state index is 0.0927. The highest BCUT2D eigenvalue weighted by Gasteiger charge is 2.17. The van der Waals surface area contributed by atoms with E-state index in [0.29, 0.717) is 0 Å². The van der Waals surface area contributed by atoms with Crippen molar-refractivity contribution >= 4 is 16.9 Å². The Balaban J connectivity index is 2.31. The number of rotatable bonds is 3. The molecule has 2 N–H and O–H groups in total. The molecule has 0 atom stereocenters. The Morgan fingerprint density at radius 2 is 1.76 bits per heavy atom. The van der Waals surface area contributed by atoms with E-state index in [0.717, 1.165) is 27.7 Å². The molecule has 3 aromatic rings. The molecule has 1 aromatic heterocycles. The van der Waals surface area contributed by atoms with Crippen LogP contribution in [0.1, 0.15) is 5.56 Å². The monoisotopic (exact) mass is 281 g/mol. The Labute approximate surface area is 121 Å². The number of para-hydroxylation sites is 1. The number of fused-ring (bicyclic) bond motifs is 1. The number of aromatic nitrogens is 1. The maximum atomic E-state index is 11.2. The first kappa shape index (κ1) is 13.2. The van der Waals surface area contributed by atoms with Crippen LogP contribution in [0.25, 0.3) is 22.2 Å². The third-order valence-electron chi connectivity index (χ3n) is 3.66. The van der Waals surface area contributed by atoms with Crippen molar-refractivity contribution < 1.29 is 15.0 Å². The largest absolute Gasteiger partial charge is 0.508 e. The van der Waals surface area contributed by atoms with Crippen molar-refractivity contribution in [2.45, 2.75) is 13.5 Å². The quantitative estimate of drug-likeness (QED) is 0.773. The summed E-state index contributed by atoms with van der Waals surface area (Å²) in [4.78, 5) is 11.2. The molecule has 0 aliphatic carbocycles. The zero-order chi connectivity index (χ0) is 15.0. The number of carboxylic acid groups (broad SMARTS) is 1. The molecule has 0 fully saturated rings. The van der Waals surface area contributed by atoms with Crippen molar-refractivity contribution in [2.24, 2.45) is 0 Å². The van der Waals surface area contributed by atoms with Crippen LogP contribution >= 0.6 is 0 Å². The Bertz CT molecular complexity index is 816. The lowest BCUT2D eigenvalue weighted by molar-refractivity contribution is -0.137. The maximum Gasteiger partial charge on any atom is 0.323 e. The van der Waals surface area contributed by atoms with E-state index in [1.54, 1.807) is 28.8 Å². The Hall–Kier alpha value is -2.75. The molecule has 0 spiro atoms. The molecule has 2 aromatic carbocycles. The fourth-order valence-electron chi connectivity index (χ4n) is 2.77. The average molecular weight is 281 g/mol. The van der Waals surface area contributed by atoms with Crippen LogP contribution in [0.2, 0.25) is 0 Å². The number of aryl methyl sites for hydroxylation is 1. The zero-order valence-corrected chi connectivity index (χ0v) is 11.6. The van der Waals surface area contributed by atoms with E-state index in [1.807, 2.05) is 31.2 Å². The van der Waals surface area contributed by atoms with E-state index in [1.165, 1.54) is 0 Å². The number of nitrogens with zero attached hydrogens (tertiary/aromatic N) is 1. The molecule has 0 unspecified atom stereocenters. The van der Waals surface area contributed by atoms with E-state index in [9.17, 15) is 15.0 Å². The standard InChI is InChI=1S/C17H15NO3/c1-11-14-4-2-3-5-15(14)18(10-16(20)21)17(11)12-6-8-13(19)9-7-12/h2-9,19H,10H2,1H3,(H,20,21). The van der Waals surface area contributed by atoms with E-state index in [2.05, 4.69) is 0 Å². The third-order valence-corrected chi connectivity index (χ3v) is 3.66. The SMILES string of the molecule is Cc1c(-c2ccc(O)cc2)n(CC(=O)O)c2ccccc12. The number of carbonyl (C=O) groups is 1. The van der Waals surface area contributed by atoms with Gasteiger partial charge in [0, 0.05) is 10.9 Å². The van der Waals surface area contributed by atoms with Crippen molar-refractivity contribution in [3.8, 4) is 17.0 Å². The summed E-state index contributed by atoms with van der Waals surface area (Å²) in [6.07, 6.45) is 0. The van der Waals surface area contributed by atoms with Gasteiger partial charge in [0.15, 0.2) is 0 Å². The molecule has 4 heteroatoms. The molecule has 3 rings (SSSR count). The lowest BCUT2D eigenvalue weighted by atomic mass is 10.1. The van der Waals surface area contributed by atoms with Gasteiger partial charge in [-0.25, -0.2) is 0 Å². The lowest BCUT2D eigenvalue weighted by Gasteiger charge is -2.09. The van der Waals surface area contributed by atoms with E-state index in [-0.39, 0.29) is 12.3 Å². The van der Waals surface area contributed by atoms with Gasteiger partial charge in [0.25, 0.3) is 0 Å². The highest BCUT2D eigenvalue weighted by molar-refractivity contribution is 5.92. The molecule has 4 nitrogen and oxygen atoms in total. The van der Waals surface area contributed by atoms with Gasteiger partial charge in [0.2, 0.25) is 0 Å². The normalized spacial score (nSPS) is 10.9. The molecule has 0 amide bonds. The summed E-state index contributed by atoms with van der Waals surface area (Å²) in [6, 6.07) is 14.6. The highest BCUT2D eigenvalue weighted by Crippen LogP contribution is 2.33. The van der Waals surface area contributed by atoms with Crippen LogP contribution < -0.4 is 0 Å². The predicted octanol–water partition coefficient (Wildman–Crippen LogP) is 3.41. The van der Waals surface area contributed by atoms with Crippen molar-refractivity contribution in [3.63, 3.8) is 0 Å². The van der Waals surface area contributed by atoms with Crippen molar-refractivity contribution in [3.05, 3.63) is 54.1 Å². The number of hydrogen-bond donors (Lipinski definition) is 2. The minimum atomic E-state index is -0.879. The van der Waals surface area contributed by atoms with E-state index < -0.39 is 5.97 Å². The molecule has 0 saturated carbocycles. The van der Waals surface area contributed by atoms with Gasteiger partial charge in [0.05, 0.1) is 5.69 Å². The minimum Gasteiger partial charge on any atom is -0.508 e. The van der Waals surface area contributed by atoms with E-state index in [4.69, 9.17) is 0 Å². The van der Waals surface area contributed by atoms with E-state index >= 15 is 0 Å². The second kappa shape index (κ2) is 4.98. The zero-order valence-electron chi connectivity index (χ0n) is 11.6. The number of phenolic OH excluding ortho intramolecular Hbond substituents is 1. The van der Waals surface area contributed by atoms with Crippen LogP contribution in [0.3, 0.4) is 0 Å². The van der Waals surface area contributed by atoms with Crippen molar-refractivity contribution in [2.75, 3.05) is 0 Å². The topological polar surface area (TPSA) is 62.5 Å². The number of aromatic hydroxyl groups is 1. The molecular weight excluding hydrogens is 266 g/mol. The Morgan fingerprint density at radius 1 is 1.10 bits per heavy atom. The first-order valence-electron chi connectivity index (χ1n) is 6.67. The van der Waals surface area contributed by atoms with Crippen LogP contribution in [0.4, 0.5) is 0 Å². The summed E-state index contributed by atoms with van der Waals surface area (Å²) < 4.78 is 1.80. The lowest BCUT2D eigenvalue weighted by Crippen LogP contribution is -2.09.